The van der Waals surface area contributed by atoms with E-state index in [1.54, 1.807) is 24.3 Å². The summed E-state index contributed by atoms with van der Waals surface area (Å²) in [5, 5.41) is 6.77. The third kappa shape index (κ3) is 4.72. The summed E-state index contributed by atoms with van der Waals surface area (Å²) in [5.74, 6) is -0.247. The number of hydrogen-bond acceptors (Lipinski definition) is 3. The van der Waals surface area contributed by atoms with E-state index in [1.165, 1.54) is 0 Å². The van der Waals surface area contributed by atoms with E-state index in [4.69, 9.17) is 11.6 Å². The van der Waals surface area contributed by atoms with E-state index < -0.39 is 6.04 Å². The molecule has 1 aliphatic heterocycles. The Morgan fingerprint density at radius 1 is 1.14 bits per heavy atom. The highest BCUT2D eigenvalue weighted by Gasteiger charge is 2.30. The van der Waals surface area contributed by atoms with Gasteiger partial charge < -0.3 is 15.5 Å². The van der Waals surface area contributed by atoms with Crippen molar-refractivity contribution in [3.63, 3.8) is 0 Å². The van der Waals surface area contributed by atoms with Crippen LogP contribution in [-0.2, 0) is 4.79 Å². The molecule has 0 aliphatic carbocycles. The number of piperazine rings is 1. The molecule has 5 nitrogen and oxygen atoms in total. The van der Waals surface area contributed by atoms with Crippen LogP contribution in [-0.4, -0.2) is 41.9 Å². The van der Waals surface area contributed by atoms with Crippen molar-refractivity contribution in [3.05, 3.63) is 70.7 Å². The molecule has 6 heteroatoms. The van der Waals surface area contributed by atoms with Gasteiger partial charge in [-0.25, -0.2) is 0 Å². The molecular formula is C22H26ClN3O2. The molecule has 28 heavy (non-hydrogen) atoms. The number of amides is 2. The Labute approximate surface area is 171 Å². The van der Waals surface area contributed by atoms with Crippen molar-refractivity contribution >= 4 is 23.4 Å². The van der Waals surface area contributed by atoms with Crippen LogP contribution in [0.2, 0.25) is 5.02 Å². The molecule has 0 spiro atoms. The average molecular weight is 400 g/mol. The van der Waals surface area contributed by atoms with E-state index in [-0.39, 0.29) is 30.3 Å². The van der Waals surface area contributed by atoms with Gasteiger partial charge in [0.15, 0.2) is 0 Å². The van der Waals surface area contributed by atoms with Crippen LogP contribution in [0.15, 0.2) is 54.6 Å². The van der Waals surface area contributed by atoms with Crippen LogP contribution in [0.5, 0.6) is 0 Å². The molecule has 1 fully saturated rings. The number of carbonyl (C=O) groups is 2. The SMILES string of the molecule is CC1NCCN(C(=O)CC(NC(=O)c2ccccc2Cl)c2ccccc2)C1C. The molecule has 3 unspecified atom stereocenters. The van der Waals surface area contributed by atoms with Gasteiger partial charge in [-0.3, -0.25) is 9.59 Å². The van der Waals surface area contributed by atoms with Crippen LogP contribution in [0.3, 0.4) is 0 Å². The third-order valence-electron chi connectivity index (χ3n) is 5.36. The van der Waals surface area contributed by atoms with Gasteiger partial charge in [0, 0.05) is 25.2 Å². The van der Waals surface area contributed by atoms with Gasteiger partial charge >= 0.3 is 0 Å². The Kier molecular flexibility index (Phi) is 6.70. The summed E-state index contributed by atoms with van der Waals surface area (Å²) >= 11 is 6.17. The summed E-state index contributed by atoms with van der Waals surface area (Å²) in [6, 6.07) is 16.4. The highest BCUT2D eigenvalue weighted by atomic mass is 35.5. The molecule has 1 aliphatic rings. The van der Waals surface area contributed by atoms with Crippen LogP contribution in [0.25, 0.3) is 0 Å². The Hall–Kier alpha value is -2.37. The molecule has 3 atom stereocenters. The number of nitrogens with zero attached hydrogens (tertiary/aromatic N) is 1. The van der Waals surface area contributed by atoms with Crippen LogP contribution < -0.4 is 10.6 Å². The lowest BCUT2D eigenvalue weighted by Crippen LogP contribution is -2.57. The minimum atomic E-state index is -0.421. The summed E-state index contributed by atoms with van der Waals surface area (Å²) < 4.78 is 0. The molecule has 1 saturated heterocycles. The monoisotopic (exact) mass is 399 g/mol. The van der Waals surface area contributed by atoms with E-state index in [1.807, 2.05) is 35.2 Å². The van der Waals surface area contributed by atoms with Gasteiger partial charge in [0.25, 0.3) is 5.91 Å². The normalized spacial score (nSPS) is 20.5. The largest absolute Gasteiger partial charge is 0.345 e. The summed E-state index contributed by atoms with van der Waals surface area (Å²) in [7, 11) is 0. The van der Waals surface area contributed by atoms with Crippen LogP contribution in [0.1, 0.15) is 42.2 Å². The van der Waals surface area contributed by atoms with Gasteiger partial charge in [-0.15, -0.1) is 0 Å². The summed E-state index contributed by atoms with van der Waals surface area (Å²) in [4.78, 5) is 27.7. The van der Waals surface area contributed by atoms with E-state index in [2.05, 4.69) is 24.5 Å². The number of rotatable bonds is 5. The maximum Gasteiger partial charge on any atom is 0.253 e. The first kappa shape index (κ1) is 20.4. The molecule has 2 aromatic carbocycles. The van der Waals surface area contributed by atoms with E-state index in [9.17, 15) is 9.59 Å². The van der Waals surface area contributed by atoms with Crippen LogP contribution in [0.4, 0.5) is 0 Å². The van der Waals surface area contributed by atoms with Gasteiger partial charge in [0.2, 0.25) is 5.91 Å². The quantitative estimate of drug-likeness (QED) is 0.809. The second kappa shape index (κ2) is 9.22. The zero-order valence-corrected chi connectivity index (χ0v) is 16.9. The van der Waals surface area contributed by atoms with Crippen molar-refractivity contribution in [3.8, 4) is 0 Å². The fraction of sp³-hybridized carbons (Fsp3) is 0.364. The lowest BCUT2D eigenvalue weighted by Gasteiger charge is -2.39. The van der Waals surface area contributed by atoms with Crippen molar-refractivity contribution in [2.75, 3.05) is 13.1 Å². The van der Waals surface area contributed by atoms with Gasteiger partial charge in [-0.05, 0) is 31.5 Å². The van der Waals surface area contributed by atoms with Crippen molar-refractivity contribution in [2.45, 2.75) is 38.4 Å². The zero-order valence-electron chi connectivity index (χ0n) is 16.2. The molecule has 148 valence electrons. The van der Waals surface area contributed by atoms with Crippen molar-refractivity contribution in [1.82, 2.24) is 15.5 Å². The summed E-state index contributed by atoms with van der Waals surface area (Å²) in [5.41, 5.74) is 1.30. The fourth-order valence-corrected chi connectivity index (χ4v) is 3.74. The van der Waals surface area contributed by atoms with Crippen LogP contribution >= 0.6 is 11.6 Å². The van der Waals surface area contributed by atoms with Gasteiger partial charge in [-0.2, -0.15) is 0 Å². The van der Waals surface area contributed by atoms with Gasteiger partial charge in [-0.1, -0.05) is 54.1 Å². The first-order valence-electron chi connectivity index (χ1n) is 9.60. The predicted molar refractivity (Wildman–Crippen MR) is 111 cm³/mol. The van der Waals surface area contributed by atoms with Gasteiger partial charge in [0.1, 0.15) is 0 Å². The summed E-state index contributed by atoms with van der Waals surface area (Å²) in [6.45, 7) is 5.58. The van der Waals surface area contributed by atoms with Crippen LogP contribution in [0, 0.1) is 0 Å². The molecule has 2 N–H and O–H groups in total. The minimum Gasteiger partial charge on any atom is -0.345 e. The Balaban J connectivity index is 1.79. The Morgan fingerprint density at radius 3 is 2.54 bits per heavy atom. The number of hydrogen-bond donors (Lipinski definition) is 2. The van der Waals surface area contributed by atoms with E-state index in [0.29, 0.717) is 17.1 Å². The van der Waals surface area contributed by atoms with Crippen molar-refractivity contribution in [1.29, 1.82) is 0 Å². The Bertz CT molecular complexity index is 828. The number of benzene rings is 2. The summed E-state index contributed by atoms with van der Waals surface area (Å²) in [6.07, 6.45) is 0.206. The first-order chi connectivity index (χ1) is 13.5. The maximum atomic E-state index is 13.0. The second-order valence-corrected chi connectivity index (χ2v) is 7.60. The lowest BCUT2D eigenvalue weighted by molar-refractivity contribution is -0.135. The molecule has 0 saturated carbocycles. The molecule has 0 aromatic heterocycles. The molecule has 3 rings (SSSR count). The highest BCUT2D eigenvalue weighted by Crippen LogP contribution is 2.22. The molecule has 0 radical (unpaired) electrons. The topological polar surface area (TPSA) is 61.4 Å². The predicted octanol–water partition coefficient (Wildman–Crippen LogP) is 3.41. The molecule has 1 heterocycles. The van der Waals surface area contributed by atoms with Crippen molar-refractivity contribution in [2.24, 2.45) is 0 Å². The minimum absolute atomic E-state index is 0.0363. The number of halogens is 1. The molecule has 0 bridgehead atoms. The fourth-order valence-electron chi connectivity index (χ4n) is 3.52. The van der Waals surface area contributed by atoms with E-state index >= 15 is 0 Å². The number of nitrogens with one attached hydrogen (secondary N) is 2. The van der Waals surface area contributed by atoms with E-state index in [0.717, 1.165) is 12.1 Å². The molecule has 2 amide bonds. The second-order valence-electron chi connectivity index (χ2n) is 7.19. The highest BCUT2D eigenvalue weighted by molar-refractivity contribution is 6.33. The first-order valence-corrected chi connectivity index (χ1v) is 9.98. The lowest BCUT2D eigenvalue weighted by atomic mass is 10.0. The third-order valence-corrected chi connectivity index (χ3v) is 5.69. The smallest absolute Gasteiger partial charge is 0.253 e. The zero-order chi connectivity index (χ0) is 20.1. The standard InChI is InChI=1S/C22H26ClN3O2/c1-15-16(2)26(13-12-24-15)21(27)14-20(17-8-4-3-5-9-17)25-22(28)18-10-6-7-11-19(18)23/h3-11,15-16,20,24H,12-14H2,1-2H3,(H,25,28). The average Bonchev–Trinajstić information content (AvgIpc) is 2.70. The van der Waals surface area contributed by atoms with Gasteiger partial charge in [0.05, 0.1) is 23.0 Å². The molecular weight excluding hydrogens is 374 g/mol. The number of carbonyl (C=O) groups excluding carboxylic acids is 2. The van der Waals surface area contributed by atoms with Crippen molar-refractivity contribution < 1.29 is 9.59 Å². The maximum absolute atomic E-state index is 13.0. The molecule has 2 aromatic rings. The Morgan fingerprint density at radius 2 is 1.82 bits per heavy atom.